The molecule has 1 atom stereocenters. The third kappa shape index (κ3) is 5.86. The third-order valence-corrected chi connectivity index (χ3v) is 5.12. The fourth-order valence-corrected chi connectivity index (χ4v) is 3.39. The van der Waals surface area contributed by atoms with E-state index in [4.69, 9.17) is 27.3 Å². The number of nitrogens with one attached hydrogen (secondary N) is 1. The number of amides is 2. The molecule has 31 heavy (non-hydrogen) atoms. The smallest absolute Gasteiger partial charge is 0.270 e. The van der Waals surface area contributed by atoms with Gasteiger partial charge in [-0.1, -0.05) is 0 Å². The van der Waals surface area contributed by atoms with Crippen molar-refractivity contribution in [2.45, 2.75) is 18.9 Å². The molecule has 1 aromatic rings. The van der Waals surface area contributed by atoms with Crippen molar-refractivity contribution in [1.82, 2.24) is 9.80 Å². The Balaban J connectivity index is 1.81. The van der Waals surface area contributed by atoms with E-state index in [9.17, 15) is 9.59 Å². The van der Waals surface area contributed by atoms with E-state index in [0.717, 1.165) is 12.8 Å². The number of ether oxygens (including phenoxy) is 1. The van der Waals surface area contributed by atoms with E-state index in [1.165, 1.54) is 0 Å². The van der Waals surface area contributed by atoms with Crippen LogP contribution in [0.4, 0.5) is 5.69 Å². The Morgan fingerprint density at radius 2 is 1.74 bits per heavy atom. The number of amidine groups is 1. The molecule has 7 N–H and O–H groups in total. The van der Waals surface area contributed by atoms with Crippen molar-refractivity contribution >= 4 is 35.0 Å². The lowest BCUT2D eigenvalue weighted by Crippen LogP contribution is -2.49. The number of carbonyl (C=O) groups excluding carboxylic acids is 2. The van der Waals surface area contributed by atoms with Crippen LogP contribution < -0.4 is 17.2 Å². The summed E-state index contributed by atoms with van der Waals surface area (Å²) in [5.41, 5.74) is 17.7. The van der Waals surface area contributed by atoms with Gasteiger partial charge in [0.05, 0.1) is 18.9 Å². The summed E-state index contributed by atoms with van der Waals surface area (Å²) >= 11 is 0. The highest BCUT2D eigenvalue weighted by molar-refractivity contribution is 6.66. The number of hydrogen-bond acceptors (Lipinski definition) is 6. The Labute approximate surface area is 180 Å². The van der Waals surface area contributed by atoms with Crippen molar-refractivity contribution in [2.75, 3.05) is 39.4 Å². The summed E-state index contributed by atoms with van der Waals surface area (Å²) in [7, 11) is 0. The maximum atomic E-state index is 12.6. The first-order valence-corrected chi connectivity index (χ1v) is 10.1. The van der Waals surface area contributed by atoms with Gasteiger partial charge in [-0.3, -0.25) is 15.0 Å². The Kier molecular flexibility index (Phi) is 7.32. The van der Waals surface area contributed by atoms with E-state index >= 15 is 0 Å². The highest BCUT2D eigenvalue weighted by atomic mass is 16.5. The van der Waals surface area contributed by atoms with Crippen LogP contribution in [-0.2, 0) is 9.53 Å². The molecule has 0 saturated carbocycles. The van der Waals surface area contributed by atoms with Crippen LogP contribution in [0.25, 0.3) is 0 Å². The molecule has 2 saturated heterocycles. The molecular formula is C20H28N8O3. The van der Waals surface area contributed by atoms with Crippen molar-refractivity contribution < 1.29 is 14.3 Å². The Morgan fingerprint density at radius 3 is 2.35 bits per heavy atom. The number of nitrogens with two attached hydrogens (primary N) is 3. The number of primary amides is 1. The molecular weight excluding hydrogens is 400 g/mol. The van der Waals surface area contributed by atoms with E-state index in [-0.39, 0.29) is 23.7 Å². The van der Waals surface area contributed by atoms with Crippen molar-refractivity contribution in [3.63, 3.8) is 0 Å². The molecule has 3 rings (SSSR count). The summed E-state index contributed by atoms with van der Waals surface area (Å²) < 4.78 is 5.27. The number of benzene rings is 1. The molecule has 11 heteroatoms. The molecule has 2 aliphatic heterocycles. The van der Waals surface area contributed by atoms with Crippen LogP contribution in [0.2, 0.25) is 0 Å². The van der Waals surface area contributed by atoms with E-state index in [1.54, 1.807) is 34.1 Å². The minimum atomic E-state index is -0.968. The van der Waals surface area contributed by atoms with E-state index in [1.807, 2.05) is 0 Å². The highest BCUT2D eigenvalue weighted by Crippen LogP contribution is 2.16. The van der Waals surface area contributed by atoms with Crippen molar-refractivity contribution in [2.24, 2.45) is 27.2 Å². The Bertz CT molecular complexity index is 890. The molecule has 0 bridgehead atoms. The molecule has 11 nitrogen and oxygen atoms in total. The molecule has 166 valence electrons. The van der Waals surface area contributed by atoms with Crippen LogP contribution in [-0.4, -0.2) is 84.6 Å². The molecule has 2 fully saturated rings. The predicted octanol–water partition coefficient (Wildman–Crippen LogP) is -0.568. The topological polar surface area (TPSA) is 176 Å². The standard InChI is InChI=1S/C20H28N8O3/c21-14-2-1-7-28(12-14)20(24)26-18(16(22)17(23)29)25-15-5-3-13(4-6-15)19(30)27-8-10-31-11-9-27/h3-6,14,22H,1-2,7-12,21H2,(H2,23,29)(H2,24,25,26)/t14-/m1/s1. The van der Waals surface area contributed by atoms with Crippen molar-refractivity contribution in [1.29, 1.82) is 5.41 Å². The number of piperidine rings is 1. The van der Waals surface area contributed by atoms with Gasteiger partial charge in [0.2, 0.25) is 0 Å². The van der Waals surface area contributed by atoms with Gasteiger partial charge >= 0.3 is 0 Å². The van der Waals surface area contributed by atoms with Gasteiger partial charge in [-0.2, -0.15) is 4.99 Å². The number of likely N-dealkylation sites (tertiary alicyclic amines) is 1. The largest absolute Gasteiger partial charge is 0.378 e. The van der Waals surface area contributed by atoms with E-state index in [2.05, 4.69) is 9.98 Å². The van der Waals surface area contributed by atoms with Gasteiger partial charge in [0, 0.05) is 37.8 Å². The summed E-state index contributed by atoms with van der Waals surface area (Å²) in [5.74, 6) is -1.13. The lowest BCUT2D eigenvalue weighted by Gasteiger charge is -2.31. The van der Waals surface area contributed by atoms with Crippen molar-refractivity contribution in [3.8, 4) is 0 Å². The molecule has 2 aliphatic rings. The fraction of sp³-hybridized carbons (Fsp3) is 0.450. The number of guanidine groups is 1. The monoisotopic (exact) mass is 428 g/mol. The lowest BCUT2D eigenvalue weighted by atomic mass is 10.1. The first kappa shape index (κ1) is 22.4. The second-order valence-corrected chi connectivity index (χ2v) is 7.44. The Morgan fingerprint density at radius 1 is 1.06 bits per heavy atom. The summed E-state index contributed by atoms with van der Waals surface area (Å²) in [5, 5.41) is 7.96. The number of carbonyl (C=O) groups is 2. The molecule has 0 aromatic heterocycles. The molecule has 2 heterocycles. The number of rotatable bonds is 4. The van der Waals surface area contributed by atoms with Crippen LogP contribution in [0.5, 0.6) is 0 Å². The maximum Gasteiger partial charge on any atom is 0.270 e. The van der Waals surface area contributed by atoms with Gasteiger partial charge in [-0.25, -0.2) is 4.99 Å². The minimum absolute atomic E-state index is 0.0185. The average Bonchev–Trinajstić information content (AvgIpc) is 2.78. The van der Waals surface area contributed by atoms with Crippen LogP contribution in [0.1, 0.15) is 23.2 Å². The predicted molar refractivity (Wildman–Crippen MR) is 118 cm³/mol. The second kappa shape index (κ2) is 10.1. The van der Waals surface area contributed by atoms with Gasteiger partial charge in [-0.15, -0.1) is 0 Å². The van der Waals surface area contributed by atoms with Crippen LogP contribution in [0.15, 0.2) is 34.3 Å². The normalized spacial score (nSPS) is 20.5. The van der Waals surface area contributed by atoms with Crippen molar-refractivity contribution in [3.05, 3.63) is 29.8 Å². The third-order valence-electron chi connectivity index (χ3n) is 5.12. The van der Waals surface area contributed by atoms with Crippen LogP contribution >= 0.6 is 0 Å². The molecule has 0 aliphatic carbocycles. The Hall–Kier alpha value is -3.31. The molecule has 0 radical (unpaired) electrons. The SMILES string of the molecule is N=C(C(N)=O)C(=Nc1ccc(C(=O)N2CCOCC2)cc1)N=C(N)N1CCC[C@@H](N)C1. The first-order valence-electron chi connectivity index (χ1n) is 10.1. The highest BCUT2D eigenvalue weighted by Gasteiger charge is 2.21. The van der Waals surface area contributed by atoms with Gasteiger partial charge in [0.25, 0.3) is 11.8 Å². The second-order valence-electron chi connectivity index (χ2n) is 7.44. The quantitative estimate of drug-likeness (QED) is 0.369. The van der Waals surface area contributed by atoms with Gasteiger partial charge in [0.15, 0.2) is 17.5 Å². The van der Waals surface area contributed by atoms with Gasteiger partial charge < -0.3 is 31.7 Å². The number of morpholine rings is 1. The number of hydrogen-bond donors (Lipinski definition) is 4. The number of aliphatic imine (C=N–C) groups is 2. The van der Waals surface area contributed by atoms with Crippen LogP contribution in [0, 0.1) is 5.41 Å². The van der Waals surface area contributed by atoms with Gasteiger partial charge in [0.1, 0.15) is 0 Å². The zero-order valence-corrected chi connectivity index (χ0v) is 17.3. The molecule has 1 aromatic carbocycles. The minimum Gasteiger partial charge on any atom is -0.378 e. The summed E-state index contributed by atoms with van der Waals surface area (Å²) in [4.78, 5) is 36.1. The summed E-state index contributed by atoms with van der Waals surface area (Å²) in [6.45, 7) is 3.35. The van der Waals surface area contributed by atoms with Gasteiger partial charge in [-0.05, 0) is 37.1 Å². The summed E-state index contributed by atoms with van der Waals surface area (Å²) in [6, 6.07) is 6.49. The summed E-state index contributed by atoms with van der Waals surface area (Å²) in [6.07, 6.45) is 1.77. The molecule has 0 spiro atoms. The van der Waals surface area contributed by atoms with Crippen LogP contribution in [0.3, 0.4) is 0 Å². The first-order chi connectivity index (χ1) is 14.8. The number of nitrogens with zero attached hydrogens (tertiary/aromatic N) is 4. The van der Waals surface area contributed by atoms with E-state index in [0.29, 0.717) is 50.6 Å². The fourth-order valence-electron chi connectivity index (χ4n) is 3.39. The molecule has 2 amide bonds. The lowest BCUT2D eigenvalue weighted by molar-refractivity contribution is -0.111. The zero-order valence-electron chi connectivity index (χ0n) is 17.3. The average molecular weight is 428 g/mol. The zero-order chi connectivity index (χ0) is 22.4. The molecule has 0 unspecified atom stereocenters. The maximum absolute atomic E-state index is 12.6. The van der Waals surface area contributed by atoms with E-state index < -0.39 is 11.6 Å².